The van der Waals surface area contributed by atoms with Crippen molar-refractivity contribution in [1.82, 2.24) is 5.32 Å². The van der Waals surface area contributed by atoms with E-state index in [1.54, 1.807) is 38.1 Å². The summed E-state index contributed by atoms with van der Waals surface area (Å²) in [6, 6.07) is 16.5. The third kappa shape index (κ3) is 8.40. The number of carboxylic acids is 1. The summed E-state index contributed by atoms with van der Waals surface area (Å²) in [7, 11) is 2.05. The first-order valence-electron chi connectivity index (χ1n) is 11.2. The highest BCUT2D eigenvalue weighted by atomic mass is 32.2. The second kappa shape index (κ2) is 12.9. The van der Waals surface area contributed by atoms with Gasteiger partial charge in [0.15, 0.2) is 0 Å². The third-order valence-corrected chi connectivity index (χ3v) is 7.93. The standard InChI is InChI=1S/C26H34N2O4S2/c1-18(2)28(5)21-13-11-19(12-14-21)15-33-16-22(23(29)30)27-25(32)26(3,4)17-34-24(31)20-9-7-6-8-10-20/h6-14,18,22H,15-17H2,1-5H3,(H,27,32)(H,29,30)/t22-/m0/s1. The largest absolute Gasteiger partial charge is 0.480 e. The van der Waals surface area contributed by atoms with E-state index in [1.165, 1.54) is 11.8 Å². The van der Waals surface area contributed by atoms with Crippen molar-refractivity contribution in [2.45, 2.75) is 45.5 Å². The Morgan fingerprint density at radius 2 is 1.65 bits per heavy atom. The minimum absolute atomic E-state index is 0.113. The summed E-state index contributed by atoms with van der Waals surface area (Å²) in [5.41, 5.74) is 1.90. The van der Waals surface area contributed by atoms with Gasteiger partial charge in [0.1, 0.15) is 6.04 Å². The van der Waals surface area contributed by atoms with Crippen LogP contribution in [0.15, 0.2) is 54.6 Å². The van der Waals surface area contributed by atoms with Gasteiger partial charge in [0.05, 0.1) is 5.41 Å². The van der Waals surface area contributed by atoms with E-state index >= 15 is 0 Å². The average Bonchev–Trinajstić information content (AvgIpc) is 2.82. The molecule has 0 saturated carbocycles. The van der Waals surface area contributed by atoms with Crippen molar-refractivity contribution in [2.75, 3.05) is 23.5 Å². The number of hydrogen-bond acceptors (Lipinski definition) is 6. The Kier molecular flexibility index (Phi) is 10.5. The van der Waals surface area contributed by atoms with E-state index in [4.69, 9.17) is 0 Å². The summed E-state index contributed by atoms with van der Waals surface area (Å²) in [6.07, 6.45) is 0. The number of carbonyl (C=O) groups is 3. The number of thioether (sulfide) groups is 2. The minimum Gasteiger partial charge on any atom is -0.480 e. The van der Waals surface area contributed by atoms with Crippen molar-refractivity contribution in [3.8, 4) is 0 Å². The van der Waals surface area contributed by atoms with Crippen molar-refractivity contribution in [1.29, 1.82) is 0 Å². The predicted molar refractivity (Wildman–Crippen MR) is 143 cm³/mol. The number of nitrogens with zero attached hydrogens (tertiary/aromatic N) is 1. The number of benzene rings is 2. The molecule has 6 nitrogen and oxygen atoms in total. The highest BCUT2D eigenvalue weighted by molar-refractivity contribution is 8.14. The number of carboxylic acid groups (broad SMARTS) is 1. The summed E-state index contributed by atoms with van der Waals surface area (Å²) in [4.78, 5) is 39.1. The molecule has 0 aliphatic heterocycles. The molecule has 2 N–H and O–H groups in total. The fourth-order valence-corrected chi connectivity index (χ4v) is 4.85. The Labute approximate surface area is 210 Å². The van der Waals surface area contributed by atoms with Gasteiger partial charge in [-0.15, -0.1) is 0 Å². The molecule has 0 aliphatic rings. The van der Waals surface area contributed by atoms with Crippen LogP contribution in [0.3, 0.4) is 0 Å². The van der Waals surface area contributed by atoms with Gasteiger partial charge >= 0.3 is 5.97 Å². The summed E-state index contributed by atoms with van der Waals surface area (Å²) < 4.78 is 0. The number of nitrogens with one attached hydrogen (secondary N) is 1. The molecule has 0 heterocycles. The maximum absolute atomic E-state index is 12.8. The van der Waals surface area contributed by atoms with Crippen molar-refractivity contribution >= 4 is 46.2 Å². The quantitative estimate of drug-likeness (QED) is 0.425. The van der Waals surface area contributed by atoms with Crippen molar-refractivity contribution in [3.05, 3.63) is 65.7 Å². The summed E-state index contributed by atoms with van der Waals surface area (Å²) >= 11 is 2.53. The molecular formula is C26H34N2O4S2. The van der Waals surface area contributed by atoms with E-state index < -0.39 is 17.4 Å². The second-order valence-corrected chi connectivity index (χ2v) is 11.1. The maximum atomic E-state index is 12.8. The lowest BCUT2D eigenvalue weighted by Crippen LogP contribution is -2.48. The summed E-state index contributed by atoms with van der Waals surface area (Å²) in [5, 5.41) is 12.1. The smallest absolute Gasteiger partial charge is 0.327 e. The molecule has 0 aliphatic carbocycles. The fraction of sp³-hybridized carbons (Fsp3) is 0.423. The van der Waals surface area contributed by atoms with Gasteiger partial charge in [-0.05, 0) is 31.5 Å². The van der Waals surface area contributed by atoms with Gasteiger partial charge in [-0.3, -0.25) is 9.59 Å². The van der Waals surface area contributed by atoms with E-state index in [-0.39, 0.29) is 22.5 Å². The molecule has 184 valence electrons. The number of rotatable bonds is 12. The summed E-state index contributed by atoms with van der Waals surface area (Å²) in [5.74, 6) is -0.297. The van der Waals surface area contributed by atoms with Crippen LogP contribution in [0.2, 0.25) is 0 Å². The number of hydrogen-bond donors (Lipinski definition) is 2. The molecule has 0 aromatic heterocycles. The first kappa shape index (κ1) is 27.8. The van der Waals surface area contributed by atoms with Crippen LogP contribution in [0.4, 0.5) is 5.69 Å². The average molecular weight is 503 g/mol. The molecule has 0 spiro atoms. The lowest BCUT2D eigenvalue weighted by molar-refractivity contribution is -0.142. The van der Waals surface area contributed by atoms with Crippen molar-refractivity contribution in [2.24, 2.45) is 5.41 Å². The zero-order chi connectivity index (χ0) is 25.3. The van der Waals surface area contributed by atoms with E-state index in [0.29, 0.717) is 17.4 Å². The Hall–Kier alpha value is -2.45. The minimum atomic E-state index is -1.07. The van der Waals surface area contributed by atoms with Crippen LogP contribution in [0.25, 0.3) is 0 Å². The number of amides is 1. The van der Waals surface area contributed by atoms with Crippen LogP contribution in [0.5, 0.6) is 0 Å². The maximum Gasteiger partial charge on any atom is 0.327 e. The van der Waals surface area contributed by atoms with Gasteiger partial charge in [-0.2, -0.15) is 11.8 Å². The monoisotopic (exact) mass is 502 g/mol. The van der Waals surface area contributed by atoms with Crippen molar-refractivity contribution < 1.29 is 19.5 Å². The highest BCUT2D eigenvalue weighted by Gasteiger charge is 2.32. The Morgan fingerprint density at radius 1 is 1.03 bits per heavy atom. The van der Waals surface area contributed by atoms with E-state index in [1.807, 2.05) is 25.2 Å². The van der Waals surface area contributed by atoms with E-state index in [2.05, 4.69) is 36.2 Å². The van der Waals surface area contributed by atoms with E-state index in [9.17, 15) is 19.5 Å². The molecule has 0 radical (unpaired) electrons. The van der Waals surface area contributed by atoms with Crippen molar-refractivity contribution in [3.63, 3.8) is 0 Å². The lowest BCUT2D eigenvalue weighted by atomic mass is 9.95. The fourth-order valence-electron chi connectivity index (χ4n) is 2.92. The molecule has 0 unspecified atom stereocenters. The van der Waals surface area contributed by atoms with Crippen LogP contribution < -0.4 is 10.2 Å². The third-order valence-electron chi connectivity index (χ3n) is 5.46. The molecule has 1 amide bonds. The number of aliphatic carboxylic acids is 1. The molecule has 34 heavy (non-hydrogen) atoms. The van der Waals surface area contributed by atoms with Gasteiger partial charge in [-0.25, -0.2) is 4.79 Å². The van der Waals surface area contributed by atoms with Crippen LogP contribution >= 0.6 is 23.5 Å². The SMILES string of the molecule is CC(C)N(C)c1ccc(CSC[C@H](NC(=O)C(C)(C)CSC(=O)c2ccccc2)C(=O)O)cc1. The topological polar surface area (TPSA) is 86.7 Å². The summed E-state index contributed by atoms with van der Waals surface area (Å²) in [6.45, 7) is 7.70. The lowest BCUT2D eigenvalue weighted by Gasteiger charge is -2.25. The molecule has 0 fully saturated rings. The van der Waals surface area contributed by atoms with E-state index in [0.717, 1.165) is 23.0 Å². The zero-order valence-corrected chi connectivity index (χ0v) is 22.0. The van der Waals surface area contributed by atoms with Gasteiger partial charge in [0.25, 0.3) is 0 Å². The Bertz CT molecular complexity index is 963. The van der Waals surface area contributed by atoms with Gasteiger partial charge in [0, 0.05) is 41.6 Å². The van der Waals surface area contributed by atoms with Gasteiger partial charge in [0.2, 0.25) is 11.0 Å². The molecule has 0 bridgehead atoms. The zero-order valence-electron chi connectivity index (χ0n) is 20.4. The first-order valence-corrected chi connectivity index (χ1v) is 13.3. The van der Waals surface area contributed by atoms with Gasteiger partial charge in [-0.1, -0.05) is 68.1 Å². The van der Waals surface area contributed by atoms with Crippen LogP contribution in [-0.4, -0.2) is 52.7 Å². The first-order chi connectivity index (χ1) is 16.0. The molecule has 8 heteroatoms. The Balaban J connectivity index is 1.86. The van der Waals surface area contributed by atoms with Crippen LogP contribution in [0, 0.1) is 5.41 Å². The molecule has 0 saturated heterocycles. The van der Waals surface area contributed by atoms with Gasteiger partial charge < -0.3 is 15.3 Å². The van der Waals surface area contributed by atoms with Crippen LogP contribution in [0.1, 0.15) is 43.6 Å². The Morgan fingerprint density at radius 3 is 2.21 bits per heavy atom. The highest BCUT2D eigenvalue weighted by Crippen LogP contribution is 2.25. The molecular weight excluding hydrogens is 468 g/mol. The molecule has 2 rings (SSSR count). The number of carbonyl (C=O) groups excluding carboxylic acids is 2. The normalized spacial score (nSPS) is 12.3. The molecule has 2 aromatic rings. The number of anilines is 1. The predicted octanol–water partition coefficient (Wildman–Crippen LogP) is 4.93. The second-order valence-electron chi connectivity index (χ2n) is 9.08. The molecule has 2 aromatic carbocycles. The molecule has 1 atom stereocenters. The van der Waals surface area contributed by atoms with Crippen LogP contribution in [-0.2, 0) is 15.3 Å².